The number of nitrogens with two attached hydrogens (primary N) is 1. The van der Waals surface area contributed by atoms with E-state index in [9.17, 15) is 0 Å². The minimum Gasteiger partial charge on any atom is -0.464 e. The van der Waals surface area contributed by atoms with Crippen molar-refractivity contribution in [2.75, 3.05) is 0 Å². The van der Waals surface area contributed by atoms with E-state index in [0.29, 0.717) is 12.5 Å². The molecule has 0 aliphatic heterocycles. The van der Waals surface area contributed by atoms with Crippen LogP contribution in [-0.2, 0) is 6.54 Å². The van der Waals surface area contributed by atoms with Crippen molar-refractivity contribution >= 4 is 0 Å². The van der Waals surface area contributed by atoms with Gasteiger partial charge in [-0.1, -0.05) is 6.92 Å². The summed E-state index contributed by atoms with van der Waals surface area (Å²) in [6, 6.07) is 4.02. The maximum atomic E-state index is 5.50. The largest absolute Gasteiger partial charge is 0.464 e. The molecule has 2 nitrogen and oxygen atoms in total. The molecule has 1 saturated carbocycles. The monoisotopic (exact) mass is 151 g/mol. The van der Waals surface area contributed by atoms with Gasteiger partial charge in [-0.05, 0) is 24.5 Å². The van der Waals surface area contributed by atoms with E-state index in [1.54, 1.807) is 0 Å². The molecule has 1 aliphatic rings. The highest BCUT2D eigenvalue weighted by molar-refractivity contribution is 5.17. The second kappa shape index (κ2) is 2.38. The third-order valence-electron chi connectivity index (χ3n) is 2.36. The molecule has 0 amide bonds. The van der Waals surface area contributed by atoms with Crippen molar-refractivity contribution in [1.29, 1.82) is 0 Å². The Morgan fingerprint density at radius 3 is 2.82 bits per heavy atom. The van der Waals surface area contributed by atoms with Crippen LogP contribution in [0.1, 0.15) is 30.8 Å². The van der Waals surface area contributed by atoms with E-state index in [1.165, 1.54) is 6.42 Å². The fourth-order valence-corrected chi connectivity index (χ4v) is 1.42. The second-order valence-corrected chi connectivity index (χ2v) is 3.33. The molecule has 1 heterocycles. The highest BCUT2D eigenvalue weighted by Crippen LogP contribution is 2.47. The van der Waals surface area contributed by atoms with Crippen molar-refractivity contribution in [3.63, 3.8) is 0 Å². The molecule has 0 radical (unpaired) electrons. The lowest BCUT2D eigenvalue weighted by molar-refractivity contribution is 0.463. The van der Waals surface area contributed by atoms with Gasteiger partial charge in [-0.25, -0.2) is 0 Å². The predicted octanol–water partition coefficient (Wildman–Crippen LogP) is 1.86. The zero-order valence-electron chi connectivity index (χ0n) is 6.71. The Labute approximate surface area is 66.4 Å². The number of furan rings is 1. The molecule has 60 valence electrons. The topological polar surface area (TPSA) is 39.2 Å². The minimum atomic E-state index is 0.515. The van der Waals surface area contributed by atoms with E-state index in [0.717, 1.165) is 17.4 Å². The predicted molar refractivity (Wildman–Crippen MR) is 43.1 cm³/mol. The molecule has 1 aliphatic carbocycles. The Bertz CT molecular complexity index is 254. The number of hydrogen-bond acceptors (Lipinski definition) is 2. The molecule has 0 bridgehead atoms. The quantitative estimate of drug-likeness (QED) is 0.700. The molecule has 1 fully saturated rings. The van der Waals surface area contributed by atoms with Crippen LogP contribution < -0.4 is 5.73 Å². The standard InChI is InChI=1S/C9H13NO/c1-6-4-8(6)9-3-2-7(5-10)11-9/h2-3,6,8H,4-5,10H2,1H3/t6-,8+/m1/s1. The van der Waals surface area contributed by atoms with Crippen molar-refractivity contribution in [2.45, 2.75) is 25.8 Å². The molecule has 11 heavy (non-hydrogen) atoms. The van der Waals surface area contributed by atoms with E-state index >= 15 is 0 Å². The SMILES string of the molecule is C[C@@H]1C[C@@H]1c1ccc(CN)o1. The van der Waals surface area contributed by atoms with Crippen molar-refractivity contribution in [1.82, 2.24) is 0 Å². The van der Waals surface area contributed by atoms with E-state index in [4.69, 9.17) is 10.2 Å². The molecular formula is C9H13NO. The maximum absolute atomic E-state index is 5.50. The first-order valence-corrected chi connectivity index (χ1v) is 4.10. The maximum Gasteiger partial charge on any atom is 0.117 e. The van der Waals surface area contributed by atoms with Crippen LogP contribution in [-0.4, -0.2) is 0 Å². The Morgan fingerprint density at radius 2 is 2.36 bits per heavy atom. The summed E-state index contributed by atoms with van der Waals surface area (Å²) in [6.07, 6.45) is 1.28. The molecule has 1 aromatic heterocycles. The van der Waals surface area contributed by atoms with Gasteiger partial charge in [0.05, 0.1) is 6.54 Å². The lowest BCUT2D eigenvalue weighted by Crippen LogP contribution is -1.92. The van der Waals surface area contributed by atoms with Gasteiger partial charge in [-0.15, -0.1) is 0 Å². The molecule has 1 aromatic rings. The number of hydrogen-bond donors (Lipinski definition) is 1. The molecule has 0 unspecified atom stereocenters. The van der Waals surface area contributed by atoms with Gasteiger partial charge in [0.15, 0.2) is 0 Å². The smallest absolute Gasteiger partial charge is 0.117 e. The van der Waals surface area contributed by atoms with Crippen LogP contribution in [0.2, 0.25) is 0 Å². The molecule has 0 spiro atoms. The Balaban J connectivity index is 2.13. The van der Waals surface area contributed by atoms with Gasteiger partial charge in [0.2, 0.25) is 0 Å². The van der Waals surface area contributed by atoms with E-state index < -0.39 is 0 Å². The Kier molecular flexibility index (Phi) is 1.50. The third-order valence-corrected chi connectivity index (χ3v) is 2.36. The van der Waals surface area contributed by atoms with Crippen molar-refractivity contribution in [2.24, 2.45) is 11.7 Å². The Morgan fingerprint density at radius 1 is 1.64 bits per heavy atom. The van der Waals surface area contributed by atoms with Gasteiger partial charge < -0.3 is 10.2 Å². The van der Waals surface area contributed by atoms with Gasteiger partial charge in [-0.3, -0.25) is 0 Å². The van der Waals surface area contributed by atoms with Crippen LogP contribution >= 0.6 is 0 Å². The lowest BCUT2D eigenvalue weighted by Gasteiger charge is -1.90. The van der Waals surface area contributed by atoms with E-state index in [2.05, 4.69) is 13.0 Å². The summed E-state index contributed by atoms with van der Waals surface area (Å²) in [5.41, 5.74) is 5.42. The van der Waals surface area contributed by atoms with Crippen LogP contribution in [0, 0.1) is 5.92 Å². The molecule has 0 aromatic carbocycles. The summed E-state index contributed by atoms with van der Waals surface area (Å²) >= 11 is 0. The van der Waals surface area contributed by atoms with Gasteiger partial charge in [0, 0.05) is 5.92 Å². The van der Waals surface area contributed by atoms with Crippen molar-refractivity contribution in [3.05, 3.63) is 23.7 Å². The lowest BCUT2D eigenvalue weighted by atomic mass is 10.3. The fourth-order valence-electron chi connectivity index (χ4n) is 1.42. The Hall–Kier alpha value is -0.760. The highest BCUT2D eigenvalue weighted by Gasteiger charge is 2.36. The van der Waals surface area contributed by atoms with E-state index in [-0.39, 0.29) is 0 Å². The molecular weight excluding hydrogens is 138 g/mol. The first kappa shape index (κ1) is 6.92. The summed E-state index contributed by atoms with van der Waals surface area (Å²) in [5, 5.41) is 0. The summed E-state index contributed by atoms with van der Waals surface area (Å²) in [6.45, 7) is 2.76. The van der Waals surface area contributed by atoms with Crippen LogP contribution in [0.5, 0.6) is 0 Å². The van der Waals surface area contributed by atoms with Crippen molar-refractivity contribution in [3.8, 4) is 0 Å². The highest BCUT2D eigenvalue weighted by atomic mass is 16.3. The normalized spacial score (nSPS) is 28.9. The zero-order chi connectivity index (χ0) is 7.84. The molecule has 2 heteroatoms. The average molecular weight is 151 g/mol. The first-order valence-electron chi connectivity index (χ1n) is 4.10. The second-order valence-electron chi connectivity index (χ2n) is 3.33. The zero-order valence-corrected chi connectivity index (χ0v) is 6.71. The van der Waals surface area contributed by atoms with Crippen LogP contribution in [0.25, 0.3) is 0 Å². The van der Waals surface area contributed by atoms with E-state index in [1.807, 2.05) is 6.07 Å². The number of rotatable bonds is 2. The molecule has 2 rings (SSSR count). The molecule has 2 N–H and O–H groups in total. The average Bonchev–Trinajstić information content (AvgIpc) is 2.59. The van der Waals surface area contributed by atoms with Gasteiger partial charge in [-0.2, -0.15) is 0 Å². The van der Waals surface area contributed by atoms with Crippen LogP contribution in [0.15, 0.2) is 16.5 Å². The molecule has 2 atom stereocenters. The summed E-state index contributed by atoms with van der Waals surface area (Å²) < 4.78 is 5.50. The summed E-state index contributed by atoms with van der Waals surface area (Å²) in [7, 11) is 0. The first-order chi connectivity index (χ1) is 5.31. The third kappa shape index (κ3) is 1.18. The van der Waals surface area contributed by atoms with Crippen LogP contribution in [0.4, 0.5) is 0 Å². The summed E-state index contributed by atoms with van der Waals surface area (Å²) in [4.78, 5) is 0. The fraction of sp³-hybridized carbons (Fsp3) is 0.556. The van der Waals surface area contributed by atoms with Crippen molar-refractivity contribution < 1.29 is 4.42 Å². The van der Waals surface area contributed by atoms with Gasteiger partial charge in [0.1, 0.15) is 11.5 Å². The molecule has 0 saturated heterocycles. The van der Waals surface area contributed by atoms with Gasteiger partial charge in [0.25, 0.3) is 0 Å². The summed E-state index contributed by atoms with van der Waals surface area (Å²) in [5.74, 6) is 3.51. The minimum absolute atomic E-state index is 0.515. The van der Waals surface area contributed by atoms with Gasteiger partial charge >= 0.3 is 0 Å². The van der Waals surface area contributed by atoms with Crippen LogP contribution in [0.3, 0.4) is 0 Å².